The lowest BCUT2D eigenvalue weighted by atomic mass is 10.2. The fraction of sp³-hybridized carbons (Fsp3) is 0.133. The van der Waals surface area contributed by atoms with Crippen LogP contribution in [-0.2, 0) is 7.05 Å². The molecule has 3 rings (SSSR count). The number of aryl methyl sites for hydroxylation is 1. The first-order valence-electron chi connectivity index (χ1n) is 6.56. The molecule has 0 unspecified atom stereocenters. The molecule has 0 aliphatic heterocycles. The van der Waals surface area contributed by atoms with Gasteiger partial charge in [-0.15, -0.1) is 0 Å². The summed E-state index contributed by atoms with van der Waals surface area (Å²) in [5.41, 5.74) is 2.24. The minimum absolute atomic E-state index is 0.214. The van der Waals surface area contributed by atoms with Crippen molar-refractivity contribution in [3.05, 3.63) is 60.0 Å². The molecule has 2 heterocycles. The average Bonchev–Trinajstić information content (AvgIpc) is 3.06. The monoisotopic (exact) mass is 281 g/mol. The van der Waals surface area contributed by atoms with Crippen LogP contribution in [0, 0.1) is 6.92 Å². The lowest BCUT2D eigenvalue weighted by Gasteiger charge is -2.05. The maximum Gasteiger partial charge on any atom is 0.260 e. The topological polar surface area (TPSA) is 64.7 Å². The summed E-state index contributed by atoms with van der Waals surface area (Å²) in [5.74, 6) is 0.308. The molecule has 6 nitrogen and oxygen atoms in total. The van der Waals surface area contributed by atoms with Crippen LogP contribution in [0.25, 0.3) is 5.69 Å². The van der Waals surface area contributed by atoms with Gasteiger partial charge in [0.05, 0.1) is 23.1 Å². The zero-order valence-electron chi connectivity index (χ0n) is 11.8. The van der Waals surface area contributed by atoms with Crippen LogP contribution in [-0.4, -0.2) is 25.5 Å². The maximum atomic E-state index is 12.3. The second kappa shape index (κ2) is 5.24. The van der Waals surface area contributed by atoms with Crippen molar-refractivity contribution in [2.24, 2.45) is 7.05 Å². The molecule has 0 fully saturated rings. The Morgan fingerprint density at radius 1 is 1.19 bits per heavy atom. The molecular weight excluding hydrogens is 266 g/mol. The minimum Gasteiger partial charge on any atom is -0.305 e. The number of para-hydroxylation sites is 1. The van der Waals surface area contributed by atoms with Crippen molar-refractivity contribution < 1.29 is 4.79 Å². The number of hydrogen-bond donors (Lipinski definition) is 1. The first-order valence-corrected chi connectivity index (χ1v) is 6.56. The van der Waals surface area contributed by atoms with Gasteiger partial charge < -0.3 is 5.32 Å². The quantitative estimate of drug-likeness (QED) is 0.800. The molecule has 21 heavy (non-hydrogen) atoms. The lowest BCUT2D eigenvalue weighted by molar-refractivity contribution is 0.102. The highest BCUT2D eigenvalue weighted by Crippen LogP contribution is 2.15. The molecule has 0 aliphatic rings. The van der Waals surface area contributed by atoms with Crippen molar-refractivity contribution >= 4 is 11.7 Å². The third-order valence-corrected chi connectivity index (χ3v) is 3.21. The number of amides is 1. The summed E-state index contributed by atoms with van der Waals surface area (Å²) in [5, 5.41) is 11.2. The number of hydrogen-bond acceptors (Lipinski definition) is 3. The van der Waals surface area contributed by atoms with E-state index in [2.05, 4.69) is 15.5 Å². The molecule has 3 aromatic rings. The van der Waals surface area contributed by atoms with Crippen LogP contribution in [0.15, 0.2) is 48.8 Å². The molecule has 0 saturated heterocycles. The number of benzene rings is 1. The van der Waals surface area contributed by atoms with Gasteiger partial charge in [-0.1, -0.05) is 18.2 Å². The number of aromatic nitrogens is 4. The van der Waals surface area contributed by atoms with Crippen molar-refractivity contribution in [1.29, 1.82) is 0 Å². The van der Waals surface area contributed by atoms with Crippen LogP contribution >= 0.6 is 0 Å². The zero-order valence-corrected chi connectivity index (χ0v) is 11.8. The highest BCUT2D eigenvalue weighted by molar-refractivity contribution is 6.04. The first kappa shape index (κ1) is 13.1. The molecule has 6 heteroatoms. The van der Waals surface area contributed by atoms with Gasteiger partial charge in [0.15, 0.2) is 5.82 Å². The largest absolute Gasteiger partial charge is 0.305 e. The molecule has 2 aromatic heterocycles. The third kappa shape index (κ3) is 2.55. The van der Waals surface area contributed by atoms with Crippen LogP contribution < -0.4 is 5.32 Å². The molecule has 0 radical (unpaired) electrons. The predicted molar refractivity (Wildman–Crippen MR) is 79.5 cm³/mol. The Labute approximate surface area is 122 Å². The Bertz CT molecular complexity index is 772. The van der Waals surface area contributed by atoms with Gasteiger partial charge in [0.2, 0.25) is 0 Å². The van der Waals surface area contributed by atoms with E-state index >= 15 is 0 Å². The van der Waals surface area contributed by atoms with E-state index in [4.69, 9.17) is 0 Å². The molecule has 0 aliphatic carbocycles. The molecule has 106 valence electrons. The van der Waals surface area contributed by atoms with Crippen molar-refractivity contribution in [3.63, 3.8) is 0 Å². The Balaban J connectivity index is 1.87. The zero-order chi connectivity index (χ0) is 14.8. The second-order valence-electron chi connectivity index (χ2n) is 4.72. The van der Waals surface area contributed by atoms with Gasteiger partial charge in [-0.2, -0.15) is 10.2 Å². The minimum atomic E-state index is -0.214. The van der Waals surface area contributed by atoms with Gasteiger partial charge >= 0.3 is 0 Å². The van der Waals surface area contributed by atoms with Gasteiger partial charge in [-0.05, 0) is 19.1 Å². The van der Waals surface area contributed by atoms with Crippen LogP contribution in [0.2, 0.25) is 0 Å². The Hall–Kier alpha value is -2.89. The van der Waals surface area contributed by atoms with E-state index in [0.29, 0.717) is 11.4 Å². The van der Waals surface area contributed by atoms with Crippen LogP contribution in [0.5, 0.6) is 0 Å². The van der Waals surface area contributed by atoms with Gasteiger partial charge in [0.25, 0.3) is 5.91 Å². The summed E-state index contributed by atoms with van der Waals surface area (Å²) in [4.78, 5) is 12.3. The van der Waals surface area contributed by atoms with Gasteiger partial charge in [-0.3, -0.25) is 9.48 Å². The SMILES string of the molecule is Cc1c(C(=O)Nc2ccn(C)n2)cnn1-c1ccccc1. The summed E-state index contributed by atoms with van der Waals surface area (Å²) in [6.45, 7) is 1.87. The fourth-order valence-corrected chi connectivity index (χ4v) is 2.13. The fourth-order valence-electron chi connectivity index (χ4n) is 2.13. The molecule has 1 N–H and O–H groups in total. The molecule has 0 spiro atoms. The number of nitrogens with one attached hydrogen (secondary N) is 1. The van der Waals surface area contributed by atoms with E-state index in [1.165, 1.54) is 0 Å². The predicted octanol–water partition coefficient (Wildman–Crippen LogP) is 2.17. The van der Waals surface area contributed by atoms with Crippen molar-refractivity contribution in [2.45, 2.75) is 6.92 Å². The van der Waals surface area contributed by atoms with Crippen LogP contribution in [0.3, 0.4) is 0 Å². The lowest BCUT2D eigenvalue weighted by Crippen LogP contribution is -2.13. The third-order valence-electron chi connectivity index (χ3n) is 3.21. The van der Waals surface area contributed by atoms with Crippen LogP contribution in [0.1, 0.15) is 16.1 Å². The van der Waals surface area contributed by atoms with E-state index in [0.717, 1.165) is 11.4 Å². The molecule has 0 bridgehead atoms. The molecule has 0 atom stereocenters. The number of carbonyl (C=O) groups is 1. The number of carbonyl (C=O) groups excluding carboxylic acids is 1. The van der Waals surface area contributed by atoms with E-state index in [1.807, 2.05) is 37.3 Å². The van der Waals surface area contributed by atoms with E-state index in [1.54, 1.807) is 34.9 Å². The molecule has 1 aromatic carbocycles. The first-order chi connectivity index (χ1) is 10.1. The molecule has 0 saturated carbocycles. The van der Waals surface area contributed by atoms with Crippen molar-refractivity contribution in [3.8, 4) is 5.69 Å². The molecular formula is C15H15N5O. The smallest absolute Gasteiger partial charge is 0.260 e. The summed E-state index contributed by atoms with van der Waals surface area (Å²) >= 11 is 0. The normalized spacial score (nSPS) is 10.6. The Morgan fingerprint density at radius 3 is 2.62 bits per heavy atom. The van der Waals surface area contributed by atoms with Gasteiger partial charge in [0.1, 0.15) is 0 Å². The number of anilines is 1. The van der Waals surface area contributed by atoms with Gasteiger partial charge in [0, 0.05) is 19.3 Å². The van der Waals surface area contributed by atoms with E-state index in [-0.39, 0.29) is 5.91 Å². The highest BCUT2D eigenvalue weighted by atomic mass is 16.1. The standard InChI is InChI=1S/C15H15N5O/c1-11-13(15(21)17-14-8-9-19(2)18-14)10-16-20(11)12-6-4-3-5-7-12/h3-10H,1-2H3,(H,17,18,21). The van der Waals surface area contributed by atoms with E-state index in [9.17, 15) is 4.79 Å². The number of nitrogens with zero attached hydrogens (tertiary/aromatic N) is 4. The Morgan fingerprint density at radius 2 is 1.95 bits per heavy atom. The summed E-state index contributed by atoms with van der Waals surface area (Å²) in [7, 11) is 1.80. The highest BCUT2D eigenvalue weighted by Gasteiger charge is 2.15. The number of rotatable bonds is 3. The summed E-state index contributed by atoms with van der Waals surface area (Å²) < 4.78 is 3.38. The average molecular weight is 281 g/mol. The van der Waals surface area contributed by atoms with Gasteiger partial charge in [-0.25, -0.2) is 4.68 Å². The summed E-state index contributed by atoms with van der Waals surface area (Å²) in [6.07, 6.45) is 3.34. The molecule has 1 amide bonds. The van der Waals surface area contributed by atoms with Crippen molar-refractivity contribution in [2.75, 3.05) is 5.32 Å². The Kier molecular flexibility index (Phi) is 3.27. The second-order valence-corrected chi connectivity index (χ2v) is 4.72. The maximum absolute atomic E-state index is 12.3. The van der Waals surface area contributed by atoms with Crippen molar-refractivity contribution in [1.82, 2.24) is 19.6 Å². The summed E-state index contributed by atoms with van der Waals surface area (Å²) in [6, 6.07) is 11.4. The van der Waals surface area contributed by atoms with E-state index < -0.39 is 0 Å². The van der Waals surface area contributed by atoms with Crippen LogP contribution in [0.4, 0.5) is 5.82 Å².